The Balaban J connectivity index is 2.01. The topological polar surface area (TPSA) is 31.2 Å². The lowest BCUT2D eigenvalue weighted by molar-refractivity contribution is 0.340. The third-order valence-corrected chi connectivity index (χ3v) is 3.69. The third kappa shape index (κ3) is 3.34. The molecule has 0 amide bonds. The molecule has 0 saturated heterocycles. The first kappa shape index (κ1) is 15.1. The fourth-order valence-electron chi connectivity index (χ4n) is 2.55. The lowest BCUT2D eigenvalue weighted by Crippen LogP contribution is -2.16. The molecule has 0 aliphatic carbocycles. The highest BCUT2D eigenvalue weighted by molar-refractivity contribution is 5.63. The van der Waals surface area contributed by atoms with Crippen molar-refractivity contribution in [3.05, 3.63) is 82.8 Å². The SMILES string of the molecule is CCOc1ccc(-c2ccc(=O)n(-c3cccc(C)c3)c2)cc1. The molecule has 0 saturated carbocycles. The van der Waals surface area contributed by atoms with Crippen LogP contribution in [0.5, 0.6) is 5.75 Å². The van der Waals surface area contributed by atoms with Gasteiger partial charge in [-0.05, 0) is 60.9 Å². The number of ether oxygens (including phenoxy) is 1. The summed E-state index contributed by atoms with van der Waals surface area (Å²) in [6.07, 6.45) is 1.88. The molecule has 1 heterocycles. The molecular weight excluding hydrogens is 286 g/mol. The highest BCUT2D eigenvalue weighted by atomic mass is 16.5. The van der Waals surface area contributed by atoms with Gasteiger partial charge in [-0.2, -0.15) is 0 Å². The summed E-state index contributed by atoms with van der Waals surface area (Å²) in [4.78, 5) is 12.2. The monoisotopic (exact) mass is 305 g/mol. The van der Waals surface area contributed by atoms with Crippen molar-refractivity contribution in [2.45, 2.75) is 13.8 Å². The smallest absolute Gasteiger partial charge is 0.255 e. The standard InChI is InChI=1S/C20H19NO2/c1-3-23-19-10-7-16(8-11-19)17-9-12-20(22)21(14-17)18-6-4-5-15(2)13-18/h4-14H,3H2,1-2H3. The first-order valence-corrected chi connectivity index (χ1v) is 7.70. The van der Waals surface area contributed by atoms with Gasteiger partial charge in [0.15, 0.2) is 0 Å². The van der Waals surface area contributed by atoms with Crippen LogP contribution in [0.15, 0.2) is 71.7 Å². The van der Waals surface area contributed by atoms with Gasteiger partial charge >= 0.3 is 0 Å². The van der Waals surface area contributed by atoms with Gasteiger partial charge < -0.3 is 4.74 Å². The van der Waals surface area contributed by atoms with E-state index in [1.165, 1.54) is 0 Å². The van der Waals surface area contributed by atoms with Gasteiger partial charge in [0, 0.05) is 18.0 Å². The van der Waals surface area contributed by atoms with Crippen LogP contribution >= 0.6 is 0 Å². The van der Waals surface area contributed by atoms with E-state index in [4.69, 9.17) is 4.74 Å². The van der Waals surface area contributed by atoms with Crippen LogP contribution < -0.4 is 10.3 Å². The summed E-state index contributed by atoms with van der Waals surface area (Å²) in [7, 11) is 0. The fraction of sp³-hybridized carbons (Fsp3) is 0.150. The second-order valence-corrected chi connectivity index (χ2v) is 5.42. The molecule has 0 spiro atoms. The molecule has 0 aliphatic rings. The van der Waals surface area contributed by atoms with Crippen LogP contribution in [0.2, 0.25) is 0 Å². The summed E-state index contributed by atoms with van der Waals surface area (Å²) < 4.78 is 7.15. The van der Waals surface area contributed by atoms with Gasteiger partial charge in [0.2, 0.25) is 0 Å². The van der Waals surface area contributed by atoms with Crippen LogP contribution in [0, 0.1) is 6.92 Å². The van der Waals surface area contributed by atoms with Crippen molar-refractivity contribution in [3.8, 4) is 22.6 Å². The molecule has 0 N–H and O–H groups in total. The second kappa shape index (κ2) is 6.53. The van der Waals surface area contributed by atoms with Crippen molar-refractivity contribution in [1.29, 1.82) is 0 Å². The van der Waals surface area contributed by atoms with Gasteiger partial charge in [-0.1, -0.05) is 24.3 Å². The van der Waals surface area contributed by atoms with E-state index in [2.05, 4.69) is 0 Å². The van der Waals surface area contributed by atoms with Gasteiger partial charge in [0.1, 0.15) is 5.75 Å². The van der Waals surface area contributed by atoms with Crippen LogP contribution in [-0.4, -0.2) is 11.2 Å². The van der Waals surface area contributed by atoms with Gasteiger partial charge in [-0.25, -0.2) is 0 Å². The number of hydrogen-bond donors (Lipinski definition) is 0. The number of pyridine rings is 1. The van der Waals surface area contributed by atoms with Crippen LogP contribution in [-0.2, 0) is 0 Å². The van der Waals surface area contributed by atoms with E-state index < -0.39 is 0 Å². The van der Waals surface area contributed by atoms with Crippen LogP contribution in [0.1, 0.15) is 12.5 Å². The van der Waals surface area contributed by atoms with Crippen molar-refractivity contribution in [1.82, 2.24) is 4.57 Å². The Hall–Kier alpha value is -2.81. The van der Waals surface area contributed by atoms with Gasteiger partial charge in [0.25, 0.3) is 5.56 Å². The van der Waals surface area contributed by atoms with E-state index in [0.29, 0.717) is 6.61 Å². The van der Waals surface area contributed by atoms with Gasteiger partial charge in [-0.3, -0.25) is 9.36 Å². The normalized spacial score (nSPS) is 10.5. The molecule has 3 rings (SSSR count). The first-order valence-electron chi connectivity index (χ1n) is 7.70. The molecule has 0 radical (unpaired) electrons. The molecule has 0 bridgehead atoms. The molecule has 3 nitrogen and oxygen atoms in total. The van der Waals surface area contributed by atoms with Crippen LogP contribution in [0.4, 0.5) is 0 Å². The lowest BCUT2D eigenvalue weighted by Gasteiger charge is -2.10. The van der Waals surface area contributed by atoms with E-state index in [0.717, 1.165) is 28.1 Å². The molecule has 23 heavy (non-hydrogen) atoms. The summed E-state index contributed by atoms with van der Waals surface area (Å²) in [6.45, 7) is 4.63. The molecule has 0 atom stereocenters. The highest BCUT2D eigenvalue weighted by Gasteiger charge is 2.04. The summed E-state index contributed by atoms with van der Waals surface area (Å²) >= 11 is 0. The zero-order valence-electron chi connectivity index (χ0n) is 13.3. The summed E-state index contributed by atoms with van der Waals surface area (Å²) in [5.74, 6) is 0.850. The van der Waals surface area contributed by atoms with Gasteiger partial charge in [-0.15, -0.1) is 0 Å². The number of aryl methyl sites for hydroxylation is 1. The zero-order chi connectivity index (χ0) is 16.2. The molecule has 0 aliphatic heterocycles. The molecule has 0 fully saturated rings. The van der Waals surface area contributed by atoms with Crippen LogP contribution in [0.3, 0.4) is 0 Å². The van der Waals surface area contributed by atoms with Crippen LogP contribution in [0.25, 0.3) is 16.8 Å². The maximum absolute atomic E-state index is 12.2. The van der Waals surface area contributed by atoms with Gasteiger partial charge in [0.05, 0.1) is 6.61 Å². The van der Waals surface area contributed by atoms with E-state index in [1.54, 1.807) is 10.6 Å². The maximum atomic E-state index is 12.2. The average molecular weight is 305 g/mol. The lowest BCUT2D eigenvalue weighted by atomic mass is 10.1. The highest BCUT2D eigenvalue weighted by Crippen LogP contribution is 2.22. The largest absolute Gasteiger partial charge is 0.494 e. The molecule has 0 unspecified atom stereocenters. The predicted octanol–water partition coefficient (Wildman–Crippen LogP) is 4.21. The first-order chi connectivity index (χ1) is 11.2. The summed E-state index contributed by atoms with van der Waals surface area (Å²) in [6, 6.07) is 19.3. The van der Waals surface area contributed by atoms with E-state index in [1.807, 2.05) is 74.6 Å². The summed E-state index contributed by atoms with van der Waals surface area (Å²) in [5, 5.41) is 0. The second-order valence-electron chi connectivity index (χ2n) is 5.42. The fourth-order valence-corrected chi connectivity index (χ4v) is 2.55. The predicted molar refractivity (Wildman–Crippen MR) is 93.4 cm³/mol. The number of nitrogens with zero attached hydrogens (tertiary/aromatic N) is 1. The zero-order valence-corrected chi connectivity index (χ0v) is 13.3. The molecular formula is C20H19NO2. The Bertz CT molecular complexity index is 863. The molecule has 1 aromatic heterocycles. The maximum Gasteiger partial charge on any atom is 0.255 e. The Kier molecular flexibility index (Phi) is 4.29. The van der Waals surface area contributed by atoms with Crippen molar-refractivity contribution >= 4 is 0 Å². The average Bonchev–Trinajstić information content (AvgIpc) is 2.56. The van der Waals surface area contributed by atoms with Crippen molar-refractivity contribution in [2.75, 3.05) is 6.61 Å². The summed E-state index contributed by atoms with van der Waals surface area (Å²) in [5.41, 5.74) is 4.01. The number of hydrogen-bond acceptors (Lipinski definition) is 2. The Morgan fingerprint density at radius 2 is 1.70 bits per heavy atom. The minimum absolute atomic E-state index is 0.0368. The minimum atomic E-state index is -0.0368. The number of rotatable bonds is 4. The van der Waals surface area contributed by atoms with E-state index in [9.17, 15) is 4.79 Å². The molecule has 116 valence electrons. The number of benzene rings is 2. The Labute approximate surface area is 135 Å². The molecule has 2 aromatic carbocycles. The Morgan fingerprint density at radius 1 is 0.957 bits per heavy atom. The number of aromatic nitrogens is 1. The third-order valence-electron chi connectivity index (χ3n) is 3.69. The molecule has 3 heteroatoms. The Morgan fingerprint density at radius 3 is 2.39 bits per heavy atom. The molecule has 3 aromatic rings. The minimum Gasteiger partial charge on any atom is -0.494 e. The quantitative estimate of drug-likeness (QED) is 0.723. The van der Waals surface area contributed by atoms with Crippen molar-refractivity contribution in [3.63, 3.8) is 0 Å². The van der Waals surface area contributed by atoms with E-state index >= 15 is 0 Å². The van der Waals surface area contributed by atoms with Crippen molar-refractivity contribution < 1.29 is 4.74 Å². The van der Waals surface area contributed by atoms with E-state index in [-0.39, 0.29) is 5.56 Å². The van der Waals surface area contributed by atoms with Crippen molar-refractivity contribution in [2.24, 2.45) is 0 Å².